The van der Waals surface area contributed by atoms with Gasteiger partial charge in [-0.1, -0.05) is 32.0 Å². The van der Waals surface area contributed by atoms with Crippen LogP contribution in [-0.4, -0.2) is 57.7 Å². The molecule has 1 amide bonds. The first kappa shape index (κ1) is 27.3. The molecule has 0 aliphatic carbocycles. The van der Waals surface area contributed by atoms with Gasteiger partial charge in [-0.3, -0.25) is 19.3 Å². The lowest BCUT2D eigenvalue weighted by atomic mass is 9.84. The van der Waals surface area contributed by atoms with Crippen LogP contribution in [0.25, 0.3) is 11.0 Å². The molecule has 2 aromatic carbocycles. The van der Waals surface area contributed by atoms with Gasteiger partial charge in [-0.25, -0.2) is 13.0 Å². The lowest BCUT2D eigenvalue weighted by Gasteiger charge is -2.42. The normalized spacial score (nSPS) is 16.3. The van der Waals surface area contributed by atoms with Gasteiger partial charge in [0.25, 0.3) is 5.91 Å². The van der Waals surface area contributed by atoms with E-state index >= 15 is 0 Å². The summed E-state index contributed by atoms with van der Waals surface area (Å²) in [5, 5.41) is 0. The van der Waals surface area contributed by atoms with Crippen LogP contribution in [0.4, 0.5) is 0 Å². The molecule has 1 aromatic heterocycles. The number of para-hydroxylation sites is 1. The van der Waals surface area contributed by atoms with E-state index in [1.807, 2.05) is 13.8 Å². The zero-order chi connectivity index (χ0) is 26.8. The number of sulfone groups is 1. The molecule has 1 aliphatic heterocycles. The highest BCUT2D eigenvalue weighted by molar-refractivity contribution is 7.90. The number of piperidine rings is 1. The Kier molecular flexibility index (Phi) is 7.83. The molecule has 0 spiro atoms. The number of carbonyl (C=O) groups is 1. The second-order valence-corrected chi connectivity index (χ2v) is 12.9. The van der Waals surface area contributed by atoms with Crippen molar-refractivity contribution in [2.24, 2.45) is 5.92 Å². The number of phosphoric acid groups is 1. The monoisotopic (exact) mass is 547 g/mol. The molecule has 198 valence electrons. The molecule has 1 aliphatic rings. The van der Waals surface area contributed by atoms with Gasteiger partial charge >= 0.3 is 7.82 Å². The summed E-state index contributed by atoms with van der Waals surface area (Å²) in [6, 6.07) is 11.3. The number of fused-ring (bicyclic) bond motifs is 1. The first-order valence-corrected chi connectivity index (χ1v) is 15.1. The van der Waals surface area contributed by atoms with E-state index in [4.69, 9.17) is 4.52 Å². The average molecular weight is 548 g/mol. The standard InChI is InChI=1S/C25H30N3O7PS/c1-18(2)16-25(35-36(30,31)32)10-14-28(15-11-25)24(29)20-8-6-19(7-9-20)17-37(33,34)22-5-3-4-21-23(22)27-13-12-26-21/h3-9,12-13,18H,10-11,14-17H2,1-2H3,(H2,30,31,32). The molecule has 3 aromatic rings. The third kappa shape index (κ3) is 6.61. The minimum Gasteiger partial charge on any atom is -0.338 e. The highest BCUT2D eigenvalue weighted by Crippen LogP contribution is 2.47. The van der Waals surface area contributed by atoms with Crippen molar-refractivity contribution in [3.05, 3.63) is 66.0 Å². The first-order valence-electron chi connectivity index (χ1n) is 11.9. The fraction of sp³-hybridized carbons (Fsp3) is 0.400. The average Bonchev–Trinajstić information content (AvgIpc) is 2.82. The van der Waals surface area contributed by atoms with E-state index in [1.165, 1.54) is 18.5 Å². The molecule has 4 rings (SSSR count). The molecule has 0 atom stereocenters. The Balaban J connectivity index is 1.45. The maximum atomic E-state index is 13.1. The van der Waals surface area contributed by atoms with Gasteiger partial charge in [-0.2, -0.15) is 0 Å². The van der Waals surface area contributed by atoms with E-state index in [1.54, 1.807) is 41.3 Å². The molecule has 0 bridgehead atoms. The number of rotatable bonds is 8. The van der Waals surface area contributed by atoms with Gasteiger partial charge in [0.1, 0.15) is 5.52 Å². The van der Waals surface area contributed by atoms with Crippen molar-refractivity contribution in [3.63, 3.8) is 0 Å². The number of hydrogen-bond donors (Lipinski definition) is 2. The maximum absolute atomic E-state index is 13.1. The summed E-state index contributed by atoms with van der Waals surface area (Å²) < 4.78 is 43.0. The van der Waals surface area contributed by atoms with Crippen LogP contribution >= 0.6 is 7.82 Å². The Bertz CT molecular complexity index is 1420. The van der Waals surface area contributed by atoms with Crippen molar-refractivity contribution in [2.45, 2.75) is 49.4 Å². The number of phosphoric ester groups is 1. The van der Waals surface area contributed by atoms with Gasteiger partial charge in [-0.05, 0) is 55.0 Å². The predicted molar refractivity (Wildman–Crippen MR) is 137 cm³/mol. The van der Waals surface area contributed by atoms with E-state index in [0.717, 1.165) is 0 Å². The topological polar surface area (TPSA) is 147 Å². The maximum Gasteiger partial charge on any atom is 0.470 e. The van der Waals surface area contributed by atoms with E-state index < -0.39 is 23.3 Å². The van der Waals surface area contributed by atoms with Crippen LogP contribution in [0.1, 0.15) is 49.0 Å². The summed E-state index contributed by atoms with van der Waals surface area (Å²) in [6.45, 7) is 4.50. The second-order valence-electron chi connectivity index (χ2n) is 9.79. The number of amides is 1. The van der Waals surface area contributed by atoms with Gasteiger partial charge in [0, 0.05) is 31.0 Å². The van der Waals surface area contributed by atoms with Gasteiger partial charge in [0.05, 0.1) is 21.8 Å². The van der Waals surface area contributed by atoms with Gasteiger partial charge in [-0.15, -0.1) is 0 Å². The lowest BCUT2D eigenvalue weighted by molar-refractivity contribution is -0.0285. The summed E-state index contributed by atoms with van der Waals surface area (Å²) in [7, 11) is -8.38. The molecule has 37 heavy (non-hydrogen) atoms. The Hall–Kier alpha value is -2.69. The smallest absolute Gasteiger partial charge is 0.338 e. The molecule has 12 heteroatoms. The number of carbonyl (C=O) groups excluding carboxylic acids is 1. The quantitative estimate of drug-likeness (QED) is 0.403. The summed E-state index contributed by atoms with van der Waals surface area (Å²) >= 11 is 0. The Labute approximate surface area is 215 Å². The second kappa shape index (κ2) is 10.6. The molecule has 1 fully saturated rings. The largest absolute Gasteiger partial charge is 0.470 e. The van der Waals surface area contributed by atoms with Crippen molar-refractivity contribution in [2.75, 3.05) is 13.1 Å². The molecule has 0 saturated carbocycles. The SMILES string of the molecule is CC(C)CC1(OP(=O)(O)O)CCN(C(=O)c2ccc(CS(=O)(=O)c3cccc4nccnc34)cc2)CC1. The number of nitrogens with zero attached hydrogens (tertiary/aromatic N) is 3. The van der Waals surface area contributed by atoms with Crippen molar-refractivity contribution in [1.82, 2.24) is 14.9 Å². The minimum absolute atomic E-state index is 0.106. The molecule has 10 nitrogen and oxygen atoms in total. The third-order valence-electron chi connectivity index (χ3n) is 6.41. The fourth-order valence-electron chi connectivity index (χ4n) is 4.89. The summed E-state index contributed by atoms with van der Waals surface area (Å²) in [6.07, 6.45) is 4.06. The van der Waals surface area contributed by atoms with Crippen molar-refractivity contribution in [1.29, 1.82) is 0 Å². The Morgan fingerprint density at radius 1 is 1.08 bits per heavy atom. The van der Waals surface area contributed by atoms with E-state index in [9.17, 15) is 27.6 Å². The summed E-state index contributed by atoms with van der Waals surface area (Å²) in [5.41, 5.74) is 0.771. The van der Waals surface area contributed by atoms with Crippen LogP contribution in [-0.2, 0) is 24.7 Å². The molecular formula is C25H30N3O7PS. The van der Waals surface area contributed by atoms with E-state index in [2.05, 4.69) is 9.97 Å². The van der Waals surface area contributed by atoms with Crippen LogP contribution in [0.3, 0.4) is 0 Å². The summed E-state index contributed by atoms with van der Waals surface area (Å²) in [5.74, 6) is -0.315. The zero-order valence-corrected chi connectivity index (χ0v) is 22.4. The Morgan fingerprint density at radius 3 is 2.35 bits per heavy atom. The van der Waals surface area contributed by atoms with Crippen LogP contribution in [0.5, 0.6) is 0 Å². The fourth-order valence-corrected chi connectivity index (χ4v) is 7.17. The third-order valence-corrected chi connectivity index (χ3v) is 8.75. The van der Waals surface area contributed by atoms with Crippen molar-refractivity contribution >= 4 is 34.6 Å². The zero-order valence-electron chi connectivity index (χ0n) is 20.6. The summed E-state index contributed by atoms with van der Waals surface area (Å²) in [4.78, 5) is 41.9. The first-order chi connectivity index (χ1) is 17.4. The van der Waals surface area contributed by atoms with E-state index in [-0.39, 0.29) is 22.5 Å². The minimum atomic E-state index is -4.68. The van der Waals surface area contributed by atoms with Crippen LogP contribution in [0.2, 0.25) is 0 Å². The van der Waals surface area contributed by atoms with E-state index in [0.29, 0.717) is 54.5 Å². The van der Waals surface area contributed by atoms with Gasteiger partial charge < -0.3 is 14.7 Å². The molecule has 0 radical (unpaired) electrons. The number of aromatic nitrogens is 2. The lowest BCUT2D eigenvalue weighted by Crippen LogP contribution is -2.48. The van der Waals surface area contributed by atoms with Crippen LogP contribution < -0.4 is 0 Å². The number of likely N-dealkylation sites (tertiary alicyclic amines) is 1. The molecular weight excluding hydrogens is 517 g/mol. The van der Waals surface area contributed by atoms with Crippen molar-refractivity contribution < 1.29 is 32.1 Å². The van der Waals surface area contributed by atoms with Crippen LogP contribution in [0.15, 0.2) is 59.8 Å². The Morgan fingerprint density at radius 2 is 1.73 bits per heavy atom. The number of benzene rings is 2. The highest BCUT2D eigenvalue weighted by atomic mass is 32.2. The van der Waals surface area contributed by atoms with Gasteiger partial charge in [0.2, 0.25) is 0 Å². The molecule has 2 heterocycles. The predicted octanol–water partition coefficient (Wildman–Crippen LogP) is 3.73. The van der Waals surface area contributed by atoms with Crippen molar-refractivity contribution in [3.8, 4) is 0 Å². The highest BCUT2D eigenvalue weighted by Gasteiger charge is 2.42. The molecule has 2 N–H and O–H groups in total. The van der Waals surface area contributed by atoms with Gasteiger partial charge in [0.15, 0.2) is 9.84 Å². The number of hydrogen-bond acceptors (Lipinski definition) is 7. The molecule has 1 saturated heterocycles. The van der Waals surface area contributed by atoms with Crippen LogP contribution in [0, 0.1) is 5.92 Å². The molecule has 0 unspecified atom stereocenters.